The van der Waals surface area contributed by atoms with E-state index in [0.717, 1.165) is 31.6 Å². The number of hydrogen-bond donors (Lipinski definition) is 2. The normalized spacial score (nSPS) is 21.9. The number of ether oxygens (including phenoxy) is 2. The summed E-state index contributed by atoms with van der Waals surface area (Å²) in [6, 6.07) is 8.98. The van der Waals surface area contributed by atoms with E-state index in [1.807, 2.05) is 18.2 Å². The van der Waals surface area contributed by atoms with Gasteiger partial charge in [0.2, 0.25) is 5.91 Å². The Morgan fingerprint density at radius 2 is 2.00 bits per heavy atom. The van der Waals surface area contributed by atoms with Gasteiger partial charge in [0, 0.05) is 25.4 Å². The topological polar surface area (TPSA) is 100 Å². The zero-order valence-corrected chi connectivity index (χ0v) is 20.7. The quantitative estimate of drug-likeness (QED) is 0.579. The highest BCUT2D eigenvalue weighted by Gasteiger charge is 2.34. The maximum atomic E-state index is 12.8. The van der Waals surface area contributed by atoms with Crippen molar-refractivity contribution in [3.05, 3.63) is 39.5 Å². The van der Waals surface area contributed by atoms with Crippen LogP contribution in [0, 0.1) is 5.92 Å². The second kappa shape index (κ2) is 10.4. The molecule has 0 bridgehead atoms. The summed E-state index contributed by atoms with van der Waals surface area (Å²) in [4.78, 5) is 42.1. The van der Waals surface area contributed by atoms with E-state index in [-0.39, 0.29) is 30.8 Å². The molecule has 186 valence electrons. The molecule has 0 aliphatic carbocycles. The molecule has 1 unspecified atom stereocenters. The van der Waals surface area contributed by atoms with E-state index in [1.165, 1.54) is 16.2 Å². The Hall–Kier alpha value is -2.82. The molecule has 0 radical (unpaired) electrons. The first-order valence-corrected chi connectivity index (χ1v) is 13.0. The minimum Gasteiger partial charge on any atom is -0.442 e. The van der Waals surface area contributed by atoms with Crippen LogP contribution in [0.4, 0.5) is 21.9 Å². The first kappa shape index (κ1) is 23.9. The molecule has 11 heteroatoms. The third-order valence-corrected chi connectivity index (χ3v) is 7.69. The Balaban J connectivity index is 1.28. The molecule has 1 aromatic carbocycles. The molecule has 9 nitrogen and oxygen atoms in total. The number of thiophene rings is 1. The van der Waals surface area contributed by atoms with E-state index in [1.54, 1.807) is 12.1 Å². The lowest BCUT2D eigenvalue weighted by Gasteiger charge is -2.24. The fourth-order valence-corrected chi connectivity index (χ4v) is 5.53. The number of nitrogens with one attached hydrogen (secondary N) is 2. The Morgan fingerprint density at radius 3 is 2.71 bits per heavy atom. The number of cyclic esters (lactones) is 1. The van der Waals surface area contributed by atoms with Gasteiger partial charge in [-0.2, -0.15) is 0 Å². The largest absolute Gasteiger partial charge is 0.442 e. The smallest absolute Gasteiger partial charge is 0.414 e. The van der Waals surface area contributed by atoms with Crippen molar-refractivity contribution < 1.29 is 23.9 Å². The molecule has 3 fully saturated rings. The number of hydrogen-bond acceptors (Lipinski definition) is 7. The van der Waals surface area contributed by atoms with Crippen LogP contribution in [0.2, 0.25) is 4.34 Å². The van der Waals surface area contributed by atoms with Crippen LogP contribution >= 0.6 is 22.9 Å². The van der Waals surface area contributed by atoms with Gasteiger partial charge in [-0.05, 0) is 49.6 Å². The summed E-state index contributed by atoms with van der Waals surface area (Å²) in [7, 11) is 0. The highest BCUT2D eigenvalue weighted by molar-refractivity contribution is 7.18. The highest BCUT2D eigenvalue weighted by atomic mass is 35.5. The molecule has 0 saturated carbocycles. The Kier molecular flexibility index (Phi) is 7.12. The maximum absolute atomic E-state index is 12.8. The van der Waals surface area contributed by atoms with Crippen LogP contribution in [0.5, 0.6) is 0 Å². The summed E-state index contributed by atoms with van der Waals surface area (Å²) in [6.07, 6.45) is 1.94. The fourth-order valence-electron chi connectivity index (χ4n) is 4.57. The van der Waals surface area contributed by atoms with Gasteiger partial charge in [0.05, 0.1) is 46.2 Å². The first-order valence-electron chi connectivity index (χ1n) is 11.8. The maximum Gasteiger partial charge on any atom is 0.414 e. The zero-order chi connectivity index (χ0) is 24.4. The van der Waals surface area contributed by atoms with Gasteiger partial charge >= 0.3 is 6.09 Å². The van der Waals surface area contributed by atoms with Crippen LogP contribution in [0.3, 0.4) is 0 Å². The Morgan fingerprint density at radius 1 is 1.17 bits per heavy atom. The molecule has 0 spiro atoms. The number of amides is 3. The molecule has 35 heavy (non-hydrogen) atoms. The summed E-state index contributed by atoms with van der Waals surface area (Å²) in [5, 5.41) is 5.87. The molecule has 2 aromatic rings. The third kappa shape index (κ3) is 5.39. The first-order chi connectivity index (χ1) is 17.0. The molecule has 3 amide bonds. The molecule has 3 aliphatic rings. The number of rotatable bonds is 7. The Labute approximate surface area is 212 Å². The van der Waals surface area contributed by atoms with E-state index in [9.17, 15) is 14.4 Å². The summed E-state index contributed by atoms with van der Waals surface area (Å²) >= 11 is 7.09. The van der Waals surface area contributed by atoms with Crippen LogP contribution in [-0.2, 0) is 14.3 Å². The van der Waals surface area contributed by atoms with Crippen LogP contribution in [-0.4, -0.2) is 63.4 Å². The van der Waals surface area contributed by atoms with Gasteiger partial charge in [0.25, 0.3) is 5.91 Å². The SMILES string of the molecule is O=C(NC[C@@H]1CN(c2ccc(N3CCCC3)c(NC(=O)C3CCOC3)c2)C(=O)O1)c1ccc(Cl)s1. The van der Waals surface area contributed by atoms with Crippen molar-refractivity contribution in [3.8, 4) is 0 Å². The average Bonchev–Trinajstić information content (AvgIpc) is 3.65. The van der Waals surface area contributed by atoms with Crippen molar-refractivity contribution in [1.82, 2.24) is 5.32 Å². The van der Waals surface area contributed by atoms with Crippen molar-refractivity contribution in [2.45, 2.75) is 25.4 Å². The second-order valence-corrected chi connectivity index (χ2v) is 10.6. The van der Waals surface area contributed by atoms with Gasteiger partial charge in [-0.1, -0.05) is 11.6 Å². The fraction of sp³-hybridized carbons (Fsp3) is 0.458. The van der Waals surface area contributed by atoms with Crippen molar-refractivity contribution in [2.24, 2.45) is 5.92 Å². The minimum atomic E-state index is -0.492. The second-order valence-electron chi connectivity index (χ2n) is 8.88. The standard InChI is InChI=1S/C24H27ClN4O5S/c25-21-6-5-20(35-21)23(31)26-12-17-13-29(24(32)34-17)16-3-4-19(28-8-1-2-9-28)18(11-16)27-22(30)15-7-10-33-14-15/h3-6,11,15,17H,1-2,7-10,12-14H2,(H,26,31)(H,27,30)/t15?,17-/m1/s1. The van der Waals surface area contributed by atoms with Gasteiger partial charge in [0.15, 0.2) is 0 Å². The Bertz CT molecular complexity index is 1110. The van der Waals surface area contributed by atoms with Gasteiger partial charge < -0.3 is 25.0 Å². The minimum absolute atomic E-state index is 0.0710. The van der Waals surface area contributed by atoms with Gasteiger partial charge in [0.1, 0.15) is 6.10 Å². The monoisotopic (exact) mass is 518 g/mol. The number of carbonyl (C=O) groups is 3. The summed E-state index contributed by atoms with van der Waals surface area (Å²) in [5.74, 6) is -0.501. The van der Waals surface area contributed by atoms with Crippen molar-refractivity contribution in [1.29, 1.82) is 0 Å². The lowest BCUT2D eigenvalue weighted by Crippen LogP contribution is -2.34. The van der Waals surface area contributed by atoms with E-state index < -0.39 is 12.2 Å². The molecule has 1 aromatic heterocycles. The van der Waals surface area contributed by atoms with E-state index >= 15 is 0 Å². The lowest BCUT2D eigenvalue weighted by molar-refractivity contribution is -0.119. The number of carbonyl (C=O) groups excluding carboxylic acids is 3. The molecule has 4 heterocycles. The van der Waals surface area contributed by atoms with Gasteiger partial charge in [-0.15, -0.1) is 11.3 Å². The third-order valence-electron chi connectivity index (χ3n) is 6.46. The van der Waals surface area contributed by atoms with Crippen molar-refractivity contribution in [2.75, 3.05) is 54.5 Å². The predicted molar refractivity (Wildman–Crippen MR) is 135 cm³/mol. The van der Waals surface area contributed by atoms with E-state index in [0.29, 0.717) is 40.2 Å². The average molecular weight is 519 g/mol. The molecular formula is C24H27ClN4O5S. The molecule has 2 N–H and O–H groups in total. The van der Waals surface area contributed by atoms with Crippen molar-refractivity contribution >= 4 is 57.9 Å². The summed E-state index contributed by atoms with van der Waals surface area (Å²) in [5.41, 5.74) is 2.26. The summed E-state index contributed by atoms with van der Waals surface area (Å²) in [6.45, 7) is 3.35. The molecule has 5 rings (SSSR count). The molecule has 3 aliphatic heterocycles. The molecular weight excluding hydrogens is 492 g/mol. The van der Waals surface area contributed by atoms with E-state index in [4.69, 9.17) is 21.1 Å². The molecule has 3 saturated heterocycles. The lowest BCUT2D eigenvalue weighted by atomic mass is 10.1. The van der Waals surface area contributed by atoms with E-state index in [2.05, 4.69) is 15.5 Å². The number of anilines is 3. The van der Waals surface area contributed by atoms with Crippen molar-refractivity contribution in [3.63, 3.8) is 0 Å². The number of benzene rings is 1. The number of halogens is 1. The van der Waals surface area contributed by atoms with Gasteiger partial charge in [-0.3, -0.25) is 14.5 Å². The van der Waals surface area contributed by atoms with Gasteiger partial charge in [-0.25, -0.2) is 4.79 Å². The summed E-state index contributed by atoms with van der Waals surface area (Å²) < 4.78 is 11.4. The van der Waals surface area contributed by atoms with Crippen LogP contribution in [0.15, 0.2) is 30.3 Å². The van der Waals surface area contributed by atoms with Crippen LogP contribution in [0.25, 0.3) is 0 Å². The number of nitrogens with zero attached hydrogens (tertiary/aromatic N) is 2. The zero-order valence-electron chi connectivity index (χ0n) is 19.1. The predicted octanol–water partition coefficient (Wildman–Crippen LogP) is 3.73. The highest BCUT2D eigenvalue weighted by Crippen LogP contribution is 2.35. The van der Waals surface area contributed by atoms with Crippen LogP contribution < -0.4 is 20.4 Å². The van der Waals surface area contributed by atoms with Crippen LogP contribution in [0.1, 0.15) is 28.9 Å². The molecule has 2 atom stereocenters.